The van der Waals surface area contributed by atoms with Crippen molar-refractivity contribution in [1.82, 2.24) is 9.97 Å². The molecular weight excluding hydrogens is 344 g/mol. The first-order valence-electron chi connectivity index (χ1n) is 9.76. The van der Waals surface area contributed by atoms with Crippen molar-refractivity contribution >= 4 is 11.0 Å². The van der Waals surface area contributed by atoms with E-state index < -0.39 is 0 Å². The fourth-order valence-corrected chi connectivity index (χ4v) is 3.48. The number of aryl methyl sites for hydroxylation is 2. The number of fused-ring (bicyclic) bond motifs is 1. The van der Waals surface area contributed by atoms with Crippen LogP contribution in [-0.2, 0) is 18.3 Å². The predicted octanol–water partition coefficient (Wildman–Crippen LogP) is 6.02. The number of phenols is 1. The molecule has 0 bridgehead atoms. The number of aromatic nitrogens is 2. The molecule has 0 radical (unpaired) electrons. The van der Waals surface area contributed by atoms with Gasteiger partial charge in [0.25, 0.3) is 0 Å². The summed E-state index contributed by atoms with van der Waals surface area (Å²) in [5, 5.41) is 9.71. The third-order valence-corrected chi connectivity index (χ3v) is 5.18. The zero-order chi connectivity index (χ0) is 19.7. The minimum atomic E-state index is 0.185. The molecule has 0 aliphatic rings. The predicted molar refractivity (Wildman–Crippen MR) is 116 cm³/mol. The molecule has 4 aromatic rings. The second kappa shape index (κ2) is 7.16. The van der Waals surface area contributed by atoms with E-state index in [4.69, 9.17) is 4.98 Å². The number of rotatable bonds is 4. The van der Waals surface area contributed by atoms with E-state index in [2.05, 4.69) is 56.1 Å². The Morgan fingerprint density at radius 3 is 2.32 bits per heavy atom. The van der Waals surface area contributed by atoms with Gasteiger partial charge in [-0.25, -0.2) is 4.98 Å². The normalized spacial score (nSPS) is 11.8. The lowest BCUT2D eigenvalue weighted by Crippen LogP contribution is -2.10. The van der Waals surface area contributed by atoms with Gasteiger partial charge in [-0.3, -0.25) is 0 Å². The number of aromatic hydroxyl groups is 1. The van der Waals surface area contributed by atoms with Crippen molar-refractivity contribution in [3.63, 3.8) is 0 Å². The Morgan fingerprint density at radius 2 is 1.61 bits per heavy atom. The highest BCUT2D eigenvalue weighted by Crippen LogP contribution is 2.26. The molecule has 0 atom stereocenters. The fraction of sp³-hybridized carbons (Fsp3) is 0.240. The van der Waals surface area contributed by atoms with Crippen LogP contribution in [0.1, 0.15) is 37.7 Å². The standard InChI is InChI=1S/C25H26N2O/c1-25(2,3)20-11-7-17(8-12-20)9-14-24-26-22-13-10-19(16-23(22)27-24)18-5-4-6-21(28)15-18/h4-8,10-13,15-16,28H,9,14H2,1-3H3,(H,26,27). The minimum Gasteiger partial charge on any atom is -0.508 e. The van der Waals surface area contributed by atoms with E-state index in [1.807, 2.05) is 24.3 Å². The molecule has 2 N–H and O–H groups in total. The number of phenolic OH excluding ortho intramolecular Hbond substituents is 1. The van der Waals surface area contributed by atoms with Gasteiger partial charge < -0.3 is 10.1 Å². The number of H-pyrrole nitrogens is 1. The average Bonchev–Trinajstić information content (AvgIpc) is 3.08. The number of hydrogen-bond donors (Lipinski definition) is 2. The van der Waals surface area contributed by atoms with Crippen molar-refractivity contribution in [2.75, 3.05) is 0 Å². The van der Waals surface area contributed by atoms with Crippen molar-refractivity contribution in [3.05, 3.63) is 83.7 Å². The van der Waals surface area contributed by atoms with Gasteiger partial charge in [-0.2, -0.15) is 0 Å². The molecule has 0 amide bonds. The maximum atomic E-state index is 9.71. The summed E-state index contributed by atoms with van der Waals surface area (Å²) < 4.78 is 0. The summed E-state index contributed by atoms with van der Waals surface area (Å²) in [6, 6.07) is 22.4. The molecule has 4 rings (SSSR count). The summed E-state index contributed by atoms with van der Waals surface area (Å²) in [7, 11) is 0. The Balaban J connectivity index is 1.50. The number of nitrogens with zero attached hydrogens (tertiary/aromatic N) is 1. The molecule has 0 fully saturated rings. The van der Waals surface area contributed by atoms with Gasteiger partial charge in [-0.15, -0.1) is 0 Å². The third-order valence-electron chi connectivity index (χ3n) is 5.18. The van der Waals surface area contributed by atoms with Gasteiger partial charge in [0.15, 0.2) is 0 Å². The molecule has 28 heavy (non-hydrogen) atoms. The summed E-state index contributed by atoms with van der Waals surface area (Å²) in [5.41, 5.74) is 6.94. The van der Waals surface area contributed by atoms with Gasteiger partial charge in [0.1, 0.15) is 11.6 Å². The van der Waals surface area contributed by atoms with Crippen LogP contribution in [0.15, 0.2) is 66.7 Å². The third kappa shape index (κ3) is 3.94. The summed E-state index contributed by atoms with van der Waals surface area (Å²) >= 11 is 0. The number of hydrogen-bond acceptors (Lipinski definition) is 2. The van der Waals surface area contributed by atoms with E-state index >= 15 is 0 Å². The summed E-state index contributed by atoms with van der Waals surface area (Å²) in [6.07, 6.45) is 1.84. The van der Waals surface area contributed by atoms with Crippen molar-refractivity contribution in [3.8, 4) is 16.9 Å². The first-order chi connectivity index (χ1) is 13.4. The monoisotopic (exact) mass is 370 g/mol. The molecule has 0 saturated carbocycles. The molecule has 3 heteroatoms. The largest absolute Gasteiger partial charge is 0.508 e. The lowest BCUT2D eigenvalue weighted by atomic mass is 9.86. The smallest absolute Gasteiger partial charge is 0.116 e. The quantitative estimate of drug-likeness (QED) is 0.461. The molecule has 142 valence electrons. The first kappa shape index (κ1) is 18.3. The number of nitrogens with one attached hydrogen (secondary N) is 1. The van der Waals surface area contributed by atoms with Gasteiger partial charge in [0, 0.05) is 6.42 Å². The van der Waals surface area contributed by atoms with Crippen molar-refractivity contribution < 1.29 is 5.11 Å². The Kier molecular flexibility index (Phi) is 4.68. The SMILES string of the molecule is CC(C)(C)c1ccc(CCc2nc3ccc(-c4cccc(O)c4)cc3[nH]2)cc1. The molecule has 1 aromatic heterocycles. The van der Waals surface area contributed by atoms with E-state index in [0.717, 1.165) is 40.8 Å². The zero-order valence-electron chi connectivity index (χ0n) is 16.7. The van der Waals surface area contributed by atoms with Crippen molar-refractivity contribution in [2.45, 2.75) is 39.0 Å². The maximum Gasteiger partial charge on any atom is 0.116 e. The molecular formula is C25H26N2O. The lowest BCUT2D eigenvalue weighted by molar-refractivity contribution is 0.475. The summed E-state index contributed by atoms with van der Waals surface area (Å²) in [4.78, 5) is 8.18. The van der Waals surface area contributed by atoms with Crippen LogP contribution in [-0.4, -0.2) is 15.1 Å². The maximum absolute atomic E-state index is 9.71. The molecule has 3 nitrogen and oxygen atoms in total. The molecule has 0 aliphatic heterocycles. The second-order valence-corrected chi connectivity index (χ2v) is 8.41. The Hall–Kier alpha value is -3.07. The zero-order valence-corrected chi connectivity index (χ0v) is 16.7. The van der Waals surface area contributed by atoms with Crippen LogP contribution in [0, 0.1) is 0 Å². The Morgan fingerprint density at radius 1 is 0.857 bits per heavy atom. The highest BCUT2D eigenvalue weighted by Gasteiger charge is 2.13. The highest BCUT2D eigenvalue weighted by atomic mass is 16.3. The van der Waals surface area contributed by atoms with Gasteiger partial charge in [-0.1, -0.05) is 63.2 Å². The molecule has 1 heterocycles. The summed E-state index contributed by atoms with van der Waals surface area (Å²) in [5.74, 6) is 1.28. The van der Waals surface area contributed by atoms with E-state index in [1.165, 1.54) is 11.1 Å². The topological polar surface area (TPSA) is 48.9 Å². The van der Waals surface area contributed by atoms with Crippen LogP contribution in [0.2, 0.25) is 0 Å². The van der Waals surface area contributed by atoms with Crippen LogP contribution < -0.4 is 0 Å². The van der Waals surface area contributed by atoms with Gasteiger partial charge in [-0.05, 0) is 58.4 Å². The Labute approximate surface area is 166 Å². The summed E-state index contributed by atoms with van der Waals surface area (Å²) in [6.45, 7) is 6.71. The molecule has 3 aromatic carbocycles. The van der Waals surface area contributed by atoms with Crippen LogP contribution in [0.25, 0.3) is 22.2 Å². The van der Waals surface area contributed by atoms with Gasteiger partial charge >= 0.3 is 0 Å². The van der Waals surface area contributed by atoms with E-state index in [9.17, 15) is 5.11 Å². The molecule has 0 spiro atoms. The van der Waals surface area contributed by atoms with Crippen LogP contribution in [0.4, 0.5) is 0 Å². The van der Waals surface area contributed by atoms with Crippen LogP contribution in [0.3, 0.4) is 0 Å². The first-order valence-corrected chi connectivity index (χ1v) is 9.76. The van der Waals surface area contributed by atoms with Crippen molar-refractivity contribution in [2.24, 2.45) is 0 Å². The van der Waals surface area contributed by atoms with E-state index in [-0.39, 0.29) is 11.2 Å². The fourth-order valence-electron chi connectivity index (χ4n) is 3.48. The lowest BCUT2D eigenvalue weighted by Gasteiger charge is -2.19. The average molecular weight is 370 g/mol. The number of imidazole rings is 1. The minimum absolute atomic E-state index is 0.185. The van der Waals surface area contributed by atoms with Crippen LogP contribution >= 0.6 is 0 Å². The Bertz CT molecular complexity index is 1100. The van der Waals surface area contributed by atoms with E-state index in [0.29, 0.717) is 0 Å². The molecule has 0 saturated heterocycles. The molecule has 0 aliphatic carbocycles. The van der Waals surface area contributed by atoms with Gasteiger partial charge in [0.05, 0.1) is 11.0 Å². The van der Waals surface area contributed by atoms with Crippen molar-refractivity contribution in [1.29, 1.82) is 0 Å². The van der Waals surface area contributed by atoms with Gasteiger partial charge in [0.2, 0.25) is 0 Å². The highest BCUT2D eigenvalue weighted by molar-refractivity contribution is 5.82. The number of aromatic amines is 1. The van der Waals surface area contributed by atoms with E-state index in [1.54, 1.807) is 12.1 Å². The number of benzene rings is 3. The second-order valence-electron chi connectivity index (χ2n) is 8.41. The van der Waals surface area contributed by atoms with Crippen LogP contribution in [0.5, 0.6) is 5.75 Å². The molecule has 0 unspecified atom stereocenters.